The second kappa shape index (κ2) is 7.22. The van der Waals surface area contributed by atoms with E-state index in [0.29, 0.717) is 16.7 Å². The number of benzene rings is 2. The highest BCUT2D eigenvalue weighted by Gasteiger charge is 2.23. The molecule has 3 aromatic rings. The lowest BCUT2D eigenvalue weighted by atomic mass is 10.1. The van der Waals surface area contributed by atoms with Gasteiger partial charge in [-0.3, -0.25) is 14.6 Å². The summed E-state index contributed by atoms with van der Waals surface area (Å²) in [6.45, 7) is 0. The van der Waals surface area contributed by atoms with E-state index in [1.807, 2.05) is 6.07 Å². The second-order valence-corrected chi connectivity index (χ2v) is 5.58. The number of nitrogens with one attached hydrogen (secondary N) is 1. The van der Waals surface area contributed by atoms with Gasteiger partial charge in [-0.25, -0.2) is 13.8 Å². The molecule has 0 aliphatic rings. The molecular formula is C18H14F2N4O2. The van der Waals surface area contributed by atoms with Gasteiger partial charge in [-0.05, 0) is 24.3 Å². The number of para-hydroxylation sites is 2. The molecule has 0 aliphatic heterocycles. The first-order chi connectivity index (χ1) is 12.5. The molecule has 0 saturated carbocycles. The molecule has 1 heterocycles. The van der Waals surface area contributed by atoms with Crippen molar-refractivity contribution in [3.05, 3.63) is 71.6 Å². The lowest BCUT2D eigenvalue weighted by Gasteiger charge is -2.15. The van der Waals surface area contributed by atoms with Crippen LogP contribution in [0.4, 0.5) is 8.78 Å². The van der Waals surface area contributed by atoms with E-state index < -0.39 is 35.1 Å². The zero-order chi connectivity index (χ0) is 18.7. The minimum atomic E-state index is -1.29. The molecule has 26 heavy (non-hydrogen) atoms. The fourth-order valence-corrected chi connectivity index (χ4v) is 2.44. The highest BCUT2D eigenvalue weighted by atomic mass is 19.2. The van der Waals surface area contributed by atoms with Crippen molar-refractivity contribution >= 4 is 22.8 Å². The highest BCUT2D eigenvalue weighted by molar-refractivity contribution is 5.97. The second-order valence-electron chi connectivity index (χ2n) is 5.58. The Kier molecular flexibility index (Phi) is 4.83. The van der Waals surface area contributed by atoms with E-state index >= 15 is 0 Å². The topological polar surface area (TPSA) is 98.0 Å². The molecule has 0 unspecified atom stereocenters. The quantitative estimate of drug-likeness (QED) is 0.727. The first-order valence-corrected chi connectivity index (χ1v) is 7.70. The monoisotopic (exact) mass is 356 g/mol. The number of nitrogens with two attached hydrogens (primary N) is 1. The number of carbonyl (C=O) groups is 2. The third-order valence-electron chi connectivity index (χ3n) is 3.76. The summed E-state index contributed by atoms with van der Waals surface area (Å²) >= 11 is 0. The Labute approximate surface area is 147 Å². The van der Waals surface area contributed by atoms with E-state index in [4.69, 9.17) is 5.73 Å². The van der Waals surface area contributed by atoms with Crippen LogP contribution in [0.25, 0.3) is 11.0 Å². The van der Waals surface area contributed by atoms with Gasteiger partial charge >= 0.3 is 0 Å². The molecule has 2 amide bonds. The third kappa shape index (κ3) is 3.64. The van der Waals surface area contributed by atoms with Crippen molar-refractivity contribution in [3.8, 4) is 0 Å². The largest absolute Gasteiger partial charge is 0.368 e. The average molecular weight is 356 g/mol. The number of halogens is 2. The van der Waals surface area contributed by atoms with Gasteiger partial charge in [0.1, 0.15) is 6.04 Å². The Morgan fingerprint density at radius 3 is 2.54 bits per heavy atom. The Bertz CT molecular complexity index is 994. The van der Waals surface area contributed by atoms with Crippen molar-refractivity contribution in [3.63, 3.8) is 0 Å². The Hall–Kier alpha value is -3.42. The maximum atomic E-state index is 13.7. The van der Waals surface area contributed by atoms with Gasteiger partial charge in [-0.1, -0.05) is 18.2 Å². The summed E-state index contributed by atoms with van der Waals surface area (Å²) in [5.74, 6) is -4.22. The van der Waals surface area contributed by atoms with Crippen LogP contribution in [0.3, 0.4) is 0 Å². The summed E-state index contributed by atoms with van der Waals surface area (Å²) < 4.78 is 27.0. The number of fused-ring (bicyclic) bond motifs is 1. The van der Waals surface area contributed by atoms with Crippen molar-refractivity contribution in [1.82, 2.24) is 15.3 Å². The number of primary amides is 1. The van der Waals surface area contributed by atoms with Crippen LogP contribution < -0.4 is 11.1 Å². The molecule has 0 spiro atoms. The van der Waals surface area contributed by atoms with Crippen molar-refractivity contribution < 1.29 is 18.4 Å². The van der Waals surface area contributed by atoms with Crippen molar-refractivity contribution in [1.29, 1.82) is 0 Å². The SMILES string of the molecule is NC(=O)[C@H](Cc1cnc2ccccc2n1)NC(=O)c1cccc(F)c1F. The van der Waals surface area contributed by atoms with Crippen molar-refractivity contribution in [2.75, 3.05) is 0 Å². The summed E-state index contributed by atoms with van der Waals surface area (Å²) in [6, 6.07) is 9.20. The fraction of sp³-hybridized carbons (Fsp3) is 0.111. The summed E-state index contributed by atoms with van der Waals surface area (Å²) in [6.07, 6.45) is 1.43. The fourth-order valence-electron chi connectivity index (χ4n) is 2.44. The standard InChI is InChI=1S/C18H14F2N4O2/c19-12-5-3-4-11(16(12)20)18(26)24-15(17(21)25)8-10-9-22-13-6-1-2-7-14(13)23-10/h1-7,9,15H,8H2,(H2,21,25)(H,24,26)/t15-/m0/s1. The minimum absolute atomic E-state index is 0.0319. The summed E-state index contributed by atoms with van der Waals surface area (Å²) in [5, 5.41) is 2.31. The molecule has 3 N–H and O–H groups in total. The molecule has 1 atom stereocenters. The van der Waals surface area contributed by atoms with Gasteiger partial charge in [0.15, 0.2) is 11.6 Å². The Morgan fingerprint density at radius 1 is 1.08 bits per heavy atom. The Balaban J connectivity index is 1.81. The predicted octanol–water partition coefficient (Wildman–Crippen LogP) is 1.73. The van der Waals surface area contributed by atoms with E-state index in [1.54, 1.807) is 18.2 Å². The van der Waals surface area contributed by atoms with Crippen LogP contribution in [0.15, 0.2) is 48.7 Å². The lowest BCUT2D eigenvalue weighted by Crippen LogP contribution is -2.46. The van der Waals surface area contributed by atoms with Gasteiger partial charge in [-0.15, -0.1) is 0 Å². The molecule has 1 aromatic heterocycles. The van der Waals surface area contributed by atoms with Crippen LogP contribution in [0.5, 0.6) is 0 Å². The lowest BCUT2D eigenvalue weighted by molar-refractivity contribution is -0.119. The van der Waals surface area contributed by atoms with Gasteiger partial charge in [0.2, 0.25) is 5.91 Å². The molecule has 0 saturated heterocycles. The molecule has 0 aliphatic carbocycles. The zero-order valence-corrected chi connectivity index (χ0v) is 13.4. The molecular weight excluding hydrogens is 342 g/mol. The van der Waals surface area contributed by atoms with Crippen LogP contribution in [0.2, 0.25) is 0 Å². The van der Waals surface area contributed by atoms with Crippen LogP contribution >= 0.6 is 0 Å². The summed E-state index contributed by atoms with van der Waals surface area (Å²) in [4.78, 5) is 32.4. The molecule has 132 valence electrons. The summed E-state index contributed by atoms with van der Waals surface area (Å²) in [7, 11) is 0. The van der Waals surface area contributed by atoms with Crippen molar-refractivity contribution in [2.45, 2.75) is 12.5 Å². The molecule has 6 nitrogen and oxygen atoms in total. The number of hydrogen-bond donors (Lipinski definition) is 2. The molecule has 0 radical (unpaired) electrons. The van der Waals surface area contributed by atoms with E-state index in [9.17, 15) is 18.4 Å². The molecule has 8 heteroatoms. The smallest absolute Gasteiger partial charge is 0.255 e. The van der Waals surface area contributed by atoms with Crippen LogP contribution in [0.1, 0.15) is 16.1 Å². The minimum Gasteiger partial charge on any atom is -0.368 e. The third-order valence-corrected chi connectivity index (χ3v) is 3.76. The van der Waals surface area contributed by atoms with Gasteiger partial charge in [0.25, 0.3) is 5.91 Å². The van der Waals surface area contributed by atoms with E-state index in [2.05, 4.69) is 15.3 Å². The maximum Gasteiger partial charge on any atom is 0.255 e. The molecule has 2 aromatic carbocycles. The normalized spacial score (nSPS) is 11.9. The molecule has 3 rings (SSSR count). The van der Waals surface area contributed by atoms with Crippen LogP contribution in [-0.4, -0.2) is 27.8 Å². The number of carbonyl (C=O) groups excluding carboxylic acids is 2. The summed E-state index contributed by atoms with van der Waals surface area (Å²) in [5.41, 5.74) is 6.53. The predicted molar refractivity (Wildman–Crippen MR) is 90.0 cm³/mol. The number of rotatable bonds is 5. The van der Waals surface area contributed by atoms with Gasteiger partial charge in [0.05, 0.1) is 22.3 Å². The van der Waals surface area contributed by atoms with Crippen LogP contribution in [0, 0.1) is 11.6 Å². The van der Waals surface area contributed by atoms with E-state index in [1.165, 1.54) is 12.3 Å². The Morgan fingerprint density at radius 2 is 1.81 bits per heavy atom. The molecule has 0 fully saturated rings. The van der Waals surface area contributed by atoms with Crippen LogP contribution in [-0.2, 0) is 11.2 Å². The number of aromatic nitrogens is 2. The highest BCUT2D eigenvalue weighted by Crippen LogP contribution is 2.13. The first-order valence-electron chi connectivity index (χ1n) is 7.70. The van der Waals surface area contributed by atoms with E-state index in [0.717, 1.165) is 12.1 Å². The average Bonchev–Trinajstić information content (AvgIpc) is 2.63. The number of amides is 2. The van der Waals surface area contributed by atoms with Gasteiger partial charge in [-0.2, -0.15) is 0 Å². The zero-order valence-electron chi connectivity index (χ0n) is 13.4. The van der Waals surface area contributed by atoms with Crippen molar-refractivity contribution in [2.24, 2.45) is 5.73 Å². The van der Waals surface area contributed by atoms with E-state index in [-0.39, 0.29) is 6.42 Å². The number of nitrogens with zero attached hydrogens (tertiary/aromatic N) is 2. The number of hydrogen-bond acceptors (Lipinski definition) is 4. The first kappa shape index (κ1) is 17.4. The van der Waals surface area contributed by atoms with Gasteiger partial charge in [0, 0.05) is 12.6 Å². The maximum absolute atomic E-state index is 13.7. The molecule has 0 bridgehead atoms. The van der Waals surface area contributed by atoms with Gasteiger partial charge < -0.3 is 11.1 Å².